The summed E-state index contributed by atoms with van der Waals surface area (Å²) >= 11 is 0. The molecule has 2 fully saturated rings. The number of alkyl halides is 3. The van der Waals surface area contributed by atoms with Crippen LogP contribution in [0.5, 0.6) is 5.75 Å². The van der Waals surface area contributed by atoms with Crippen LogP contribution in [0.1, 0.15) is 67.1 Å². The van der Waals surface area contributed by atoms with Crippen molar-refractivity contribution in [2.75, 3.05) is 6.61 Å². The number of halogens is 3. The number of aromatic nitrogens is 3. The van der Waals surface area contributed by atoms with E-state index in [2.05, 4.69) is 25.6 Å². The molecule has 0 radical (unpaired) electrons. The topological polar surface area (TPSA) is 109 Å². The predicted octanol–water partition coefficient (Wildman–Crippen LogP) is 4.78. The monoisotopic (exact) mass is 529 g/mol. The fourth-order valence-electron chi connectivity index (χ4n) is 4.91. The van der Waals surface area contributed by atoms with E-state index in [4.69, 9.17) is 4.74 Å². The lowest BCUT2D eigenvalue weighted by molar-refractivity contribution is -0.121. The summed E-state index contributed by atoms with van der Waals surface area (Å²) in [5, 5.41) is 5.53. The number of amides is 2. The smallest absolute Gasteiger partial charge is 0.263 e. The van der Waals surface area contributed by atoms with E-state index in [1.807, 2.05) is 0 Å². The van der Waals surface area contributed by atoms with Crippen LogP contribution in [0.4, 0.5) is 13.2 Å². The molecule has 0 saturated heterocycles. The molecule has 0 aliphatic heterocycles. The fraction of sp³-hybridized carbons (Fsp3) is 0.481. The number of hydrogen-bond donors (Lipinski definition) is 3. The van der Waals surface area contributed by atoms with Crippen LogP contribution in [0.15, 0.2) is 24.5 Å². The molecule has 2 amide bonds. The van der Waals surface area contributed by atoms with Crippen molar-refractivity contribution in [2.45, 2.75) is 70.6 Å². The number of rotatable bonds is 9. The van der Waals surface area contributed by atoms with Crippen LogP contribution < -0.4 is 15.4 Å². The summed E-state index contributed by atoms with van der Waals surface area (Å²) in [6.45, 7) is 3.89. The molecule has 3 atom stereocenters. The second-order valence-corrected chi connectivity index (χ2v) is 10.1. The molecule has 2 aliphatic carbocycles. The summed E-state index contributed by atoms with van der Waals surface area (Å²) in [5.41, 5.74) is 1.93. The lowest BCUT2D eigenvalue weighted by atomic mass is 10.0. The number of carbonyl (C=O) groups is 2. The van der Waals surface area contributed by atoms with Gasteiger partial charge >= 0.3 is 0 Å². The molecular weight excluding hydrogens is 499 g/mol. The van der Waals surface area contributed by atoms with E-state index in [9.17, 15) is 22.8 Å². The molecule has 11 heteroatoms. The summed E-state index contributed by atoms with van der Waals surface area (Å²) in [6.07, 6.45) is 0.134. The van der Waals surface area contributed by atoms with Crippen molar-refractivity contribution in [1.29, 1.82) is 0 Å². The standard InChI is InChI=1S/C27H30F3N5O3/c1-3-21(36)34-16-9-18(28)19(10-16)35-27(37)22-13(2)33-25-23(31-12-32-24(22)25)17-8-15(26(29)30)6-7-20(17)38-11-14-4-5-14/h6-8,12,14,16,18-19,26,33H,3-5,9-11H2,1-2H3,(H,34,36)(H,35,37)/t16-,18-,19-/m1/s1. The van der Waals surface area contributed by atoms with E-state index in [1.54, 1.807) is 13.8 Å². The number of hydrogen-bond acceptors (Lipinski definition) is 5. The first kappa shape index (κ1) is 26.0. The van der Waals surface area contributed by atoms with Gasteiger partial charge in [-0.3, -0.25) is 9.59 Å². The Morgan fingerprint density at radius 1 is 1.18 bits per heavy atom. The van der Waals surface area contributed by atoms with Crippen molar-refractivity contribution in [2.24, 2.45) is 5.92 Å². The summed E-state index contributed by atoms with van der Waals surface area (Å²) in [6, 6.07) is 3.09. The van der Waals surface area contributed by atoms with Crippen molar-refractivity contribution in [1.82, 2.24) is 25.6 Å². The highest BCUT2D eigenvalue weighted by Gasteiger charge is 2.37. The maximum Gasteiger partial charge on any atom is 0.263 e. The van der Waals surface area contributed by atoms with Gasteiger partial charge in [0.15, 0.2) is 0 Å². The van der Waals surface area contributed by atoms with Crippen molar-refractivity contribution in [3.63, 3.8) is 0 Å². The first-order valence-electron chi connectivity index (χ1n) is 12.9. The van der Waals surface area contributed by atoms with Gasteiger partial charge in [0, 0.05) is 35.7 Å². The van der Waals surface area contributed by atoms with Gasteiger partial charge in [0.25, 0.3) is 12.3 Å². The van der Waals surface area contributed by atoms with E-state index in [0.717, 1.165) is 12.8 Å². The van der Waals surface area contributed by atoms with Crippen LogP contribution in [0.3, 0.4) is 0 Å². The minimum atomic E-state index is -2.68. The third-order valence-electron chi connectivity index (χ3n) is 7.17. The molecule has 0 bridgehead atoms. The second kappa shape index (κ2) is 10.6. The maximum absolute atomic E-state index is 14.7. The van der Waals surface area contributed by atoms with Crippen molar-refractivity contribution in [3.05, 3.63) is 41.3 Å². The Morgan fingerprint density at radius 3 is 2.68 bits per heavy atom. The number of nitrogens with zero attached hydrogens (tertiary/aromatic N) is 2. The first-order chi connectivity index (χ1) is 18.2. The molecule has 38 heavy (non-hydrogen) atoms. The van der Waals surface area contributed by atoms with Gasteiger partial charge in [-0.05, 0) is 50.3 Å². The molecule has 0 spiro atoms. The molecule has 5 rings (SSSR count). The largest absolute Gasteiger partial charge is 0.493 e. The quantitative estimate of drug-likeness (QED) is 0.370. The maximum atomic E-state index is 14.7. The molecule has 8 nitrogen and oxygen atoms in total. The molecule has 2 aliphatic rings. The second-order valence-electron chi connectivity index (χ2n) is 10.1. The van der Waals surface area contributed by atoms with Gasteiger partial charge in [0.1, 0.15) is 29.5 Å². The number of benzene rings is 1. The third kappa shape index (κ3) is 5.32. The lowest BCUT2D eigenvalue weighted by Gasteiger charge is -2.15. The van der Waals surface area contributed by atoms with Crippen LogP contribution in [0.25, 0.3) is 22.3 Å². The zero-order valence-corrected chi connectivity index (χ0v) is 21.2. The van der Waals surface area contributed by atoms with Gasteiger partial charge in [-0.25, -0.2) is 23.1 Å². The van der Waals surface area contributed by atoms with Crippen LogP contribution in [0.2, 0.25) is 0 Å². The number of aromatic amines is 1. The highest BCUT2D eigenvalue weighted by molar-refractivity contribution is 6.09. The van der Waals surface area contributed by atoms with E-state index >= 15 is 0 Å². The number of aryl methyl sites for hydroxylation is 1. The number of nitrogens with one attached hydrogen (secondary N) is 3. The molecule has 3 aromatic rings. The average Bonchev–Trinajstić information content (AvgIpc) is 3.57. The minimum Gasteiger partial charge on any atom is -0.493 e. The van der Waals surface area contributed by atoms with Crippen LogP contribution >= 0.6 is 0 Å². The Morgan fingerprint density at radius 2 is 1.97 bits per heavy atom. The molecule has 2 aromatic heterocycles. The minimum absolute atomic E-state index is 0.125. The summed E-state index contributed by atoms with van der Waals surface area (Å²) in [4.78, 5) is 36.8. The molecule has 2 heterocycles. The number of carbonyl (C=O) groups excluding carboxylic acids is 2. The highest BCUT2D eigenvalue weighted by Crippen LogP contribution is 2.38. The Bertz CT molecular complexity index is 1360. The molecule has 1 aromatic carbocycles. The van der Waals surface area contributed by atoms with Crippen molar-refractivity contribution >= 4 is 22.8 Å². The van der Waals surface area contributed by atoms with E-state index in [-0.39, 0.29) is 35.9 Å². The molecule has 3 N–H and O–H groups in total. The third-order valence-corrected chi connectivity index (χ3v) is 7.17. The summed E-state index contributed by atoms with van der Waals surface area (Å²) in [7, 11) is 0. The van der Waals surface area contributed by atoms with Gasteiger partial charge in [-0.2, -0.15) is 0 Å². The van der Waals surface area contributed by atoms with Gasteiger partial charge < -0.3 is 20.4 Å². The zero-order chi connectivity index (χ0) is 27.0. The van der Waals surface area contributed by atoms with Gasteiger partial charge in [-0.15, -0.1) is 0 Å². The van der Waals surface area contributed by atoms with Gasteiger partial charge in [-0.1, -0.05) is 6.92 Å². The normalized spacial score (nSPS) is 21.2. The number of ether oxygens (including phenoxy) is 1. The Balaban J connectivity index is 1.45. The Kier molecular flexibility index (Phi) is 7.27. The van der Waals surface area contributed by atoms with Crippen LogP contribution in [-0.4, -0.2) is 51.6 Å². The predicted molar refractivity (Wildman–Crippen MR) is 135 cm³/mol. The van der Waals surface area contributed by atoms with Crippen molar-refractivity contribution in [3.8, 4) is 17.0 Å². The first-order valence-corrected chi connectivity index (χ1v) is 12.9. The Hall–Kier alpha value is -3.63. The SMILES string of the molecule is CCC(=O)N[C@@H]1C[C@@H](F)[C@H](NC(=O)c2c(C)[nH]c3c(-c4cc(C(F)F)ccc4OCC4CC4)ncnc23)C1. The number of H-pyrrole nitrogens is 1. The lowest BCUT2D eigenvalue weighted by Crippen LogP contribution is -2.39. The average molecular weight is 530 g/mol. The molecule has 0 unspecified atom stereocenters. The van der Waals surface area contributed by atoms with Crippen LogP contribution in [-0.2, 0) is 4.79 Å². The van der Waals surface area contributed by atoms with E-state index < -0.39 is 24.5 Å². The summed E-state index contributed by atoms with van der Waals surface area (Å²) < 4.78 is 47.8. The highest BCUT2D eigenvalue weighted by atomic mass is 19.3. The van der Waals surface area contributed by atoms with Crippen LogP contribution in [0, 0.1) is 12.8 Å². The molecule has 202 valence electrons. The molecular formula is C27H30F3N5O3. The number of fused-ring (bicyclic) bond motifs is 1. The Labute approximate surface area is 217 Å². The zero-order valence-electron chi connectivity index (χ0n) is 21.2. The molecule has 2 saturated carbocycles. The van der Waals surface area contributed by atoms with E-state index in [1.165, 1.54) is 24.5 Å². The van der Waals surface area contributed by atoms with Gasteiger partial charge in [0.2, 0.25) is 5.91 Å². The van der Waals surface area contributed by atoms with Crippen molar-refractivity contribution < 1.29 is 27.5 Å². The summed E-state index contributed by atoms with van der Waals surface area (Å²) in [5.74, 6) is 0.198. The van der Waals surface area contributed by atoms with E-state index in [0.29, 0.717) is 52.7 Å². The van der Waals surface area contributed by atoms with Gasteiger partial charge in [0.05, 0.1) is 23.7 Å². The fourth-order valence-corrected chi connectivity index (χ4v) is 4.91.